The zero-order valence-corrected chi connectivity index (χ0v) is 10.7. The van der Waals surface area contributed by atoms with Crippen LogP contribution in [0.1, 0.15) is 13.3 Å². The molecule has 0 aromatic rings. The van der Waals surface area contributed by atoms with Crippen LogP contribution in [0.3, 0.4) is 0 Å². The third-order valence-electron chi connectivity index (χ3n) is 2.14. The van der Waals surface area contributed by atoms with Crippen LogP contribution in [0.15, 0.2) is 38.8 Å². The molecule has 0 aromatic carbocycles. The predicted molar refractivity (Wildman–Crippen MR) is 73.6 cm³/mol. The number of amidine groups is 1. The van der Waals surface area contributed by atoms with E-state index >= 15 is 0 Å². The Morgan fingerprint density at radius 3 is 3.20 bits per heavy atom. The van der Waals surface area contributed by atoms with Gasteiger partial charge in [0, 0.05) is 16.0 Å². The Morgan fingerprint density at radius 2 is 2.40 bits per heavy atom. The van der Waals surface area contributed by atoms with Crippen LogP contribution < -0.4 is 0 Å². The standard InChI is InChI=1S/C11H12IN3/c1-2-5-13-11-9-6-8(12)3-4-10(9)14-7-15-11/h3-4,6-8H,2,5H2,1H3. The van der Waals surface area contributed by atoms with Crippen molar-refractivity contribution in [2.24, 2.45) is 15.0 Å². The van der Waals surface area contributed by atoms with E-state index in [2.05, 4.69) is 56.6 Å². The van der Waals surface area contributed by atoms with Gasteiger partial charge in [-0.1, -0.05) is 41.7 Å². The van der Waals surface area contributed by atoms with Crippen molar-refractivity contribution in [3.8, 4) is 0 Å². The smallest absolute Gasteiger partial charge is 0.158 e. The lowest BCUT2D eigenvalue weighted by atomic mass is 10.0. The fourth-order valence-corrected chi connectivity index (χ4v) is 2.00. The molecule has 0 spiro atoms. The summed E-state index contributed by atoms with van der Waals surface area (Å²) >= 11 is 2.37. The van der Waals surface area contributed by atoms with E-state index in [1.165, 1.54) is 0 Å². The maximum atomic E-state index is 4.45. The summed E-state index contributed by atoms with van der Waals surface area (Å²) < 4.78 is 0.414. The van der Waals surface area contributed by atoms with Gasteiger partial charge in [0.25, 0.3) is 0 Å². The number of nitrogens with zero attached hydrogens (tertiary/aromatic N) is 3. The fraction of sp³-hybridized carbons (Fsp3) is 0.364. The molecule has 0 saturated heterocycles. The van der Waals surface area contributed by atoms with Crippen molar-refractivity contribution in [1.82, 2.24) is 0 Å². The topological polar surface area (TPSA) is 37.1 Å². The minimum atomic E-state index is 0.414. The summed E-state index contributed by atoms with van der Waals surface area (Å²) in [5.74, 6) is 0.827. The third-order valence-corrected chi connectivity index (χ3v) is 2.92. The second-order valence-electron chi connectivity index (χ2n) is 3.35. The van der Waals surface area contributed by atoms with Crippen molar-refractivity contribution in [3.05, 3.63) is 23.8 Å². The minimum absolute atomic E-state index is 0.414. The van der Waals surface area contributed by atoms with Gasteiger partial charge in [0.1, 0.15) is 6.34 Å². The van der Waals surface area contributed by atoms with E-state index in [0.29, 0.717) is 3.92 Å². The second kappa shape index (κ2) is 4.83. The van der Waals surface area contributed by atoms with E-state index in [-0.39, 0.29) is 0 Å². The number of rotatable bonds is 2. The van der Waals surface area contributed by atoms with Gasteiger partial charge in [-0.3, -0.25) is 4.99 Å². The summed E-state index contributed by atoms with van der Waals surface area (Å²) in [4.78, 5) is 12.9. The Labute approximate surface area is 103 Å². The Morgan fingerprint density at radius 1 is 1.53 bits per heavy atom. The van der Waals surface area contributed by atoms with Crippen molar-refractivity contribution in [1.29, 1.82) is 0 Å². The van der Waals surface area contributed by atoms with E-state index in [0.717, 1.165) is 30.1 Å². The molecule has 2 rings (SSSR count). The molecular weight excluding hydrogens is 301 g/mol. The molecule has 2 aliphatic rings. The first kappa shape index (κ1) is 10.7. The van der Waals surface area contributed by atoms with Crippen molar-refractivity contribution < 1.29 is 0 Å². The van der Waals surface area contributed by atoms with Crippen molar-refractivity contribution in [2.75, 3.05) is 6.54 Å². The predicted octanol–water partition coefficient (Wildman–Crippen LogP) is 2.58. The summed E-state index contributed by atoms with van der Waals surface area (Å²) in [6.07, 6.45) is 8.95. The number of halogens is 1. The average Bonchev–Trinajstić information content (AvgIpc) is 2.26. The van der Waals surface area contributed by atoms with Crippen LogP contribution in [0, 0.1) is 0 Å². The van der Waals surface area contributed by atoms with Crippen LogP contribution in [0.5, 0.6) is 0 Å². The summed E-state index contributed by atoms with van der Waals surface area (Å²) in [6.45, 7) is 2.94. The Balaban J connectivity index is 2.30. The van der Waals surface area contributed by atoms with Gasteiger partial charge in [0.05, 0.1) is 5.71 Å². The molecule has 1 aliphatic heterocycles. The van der Waals surface area contributed by atoms with Gasteiger partial charge in [-0.2, -0.15) is 0 Å². The lowest BCUT2D eigenvalue weighted by Crippen LogP contribution is -2.18. The van der Waals surface area contributed by atoms with Gasteiger partial charge in [-0.15, -0.1) is 0 Å². The Kier molecular flexibility index (Phi) is 3.45. The molecule has 0 aromatic heterocycles. The summed E-state index contributed by atoms with van der Waals surface area (Å²) in [7, 11) is 0. The van der Waals surface area contributed by atoms with Crippen molar-refractivity contribution in [2.45, 2.75) is 17.3 Å². The van der Waals surface area contributed by atoms with E-state index in [9.17, 15) is 0 Å². The highest BCUT2D eigenvalue weighted by Gasteiger charge is 2.18. The lowest BCUT2D eigenvalue weighted by molar-refractivity contribution is 0.930. The maximum absolute atomic E-state index is 4.45. The number of alkyl halides is 1. The molecule has 0 N–H and O–H groups in total. The zero-order valence-electron chi connectivity index (χ0n) is 8.52. The van der Waals surface area contributed by atoms with E-state index < -0.39 is 0 Å². The molecule has 78 valence electrons. The fourth-order valence-electron chi connectivity index (χ4n) is 1.43. The molecule has 0 radical (unpaired) electrons. The lowest BCUT2D eigenvalue weighted by Gasteiger charge is -2.15. The van der Waals surface area contributed by atoms with E-state index in [1.54, 1.807) is 6.34 Å². The molecule has 1 unspecified atom stereocenters. The maximum Gasteiger partial charge on any atom is 0.158 e. The SMILES string of the molecule is CCCN=C1N=CN=C2C=CC(I)C=C21. The quantitative estimate of drug-likeness (QED) is 0.555. The van der Waals surface area contributed by atoms with Gasteiger partial charge in [-0.05, 0) is 12.5 Å². The summed E-state index contributed by atoms with van der Waals surface area (Å²) in [5.41, 5.74) is 2.06. The number of aliphatic imine (C=N–C) groups is 3. The molecule has 0 bridgehead atoms. The molecule has 0 saturated carbocycles. The van der Waals surface area contributed by atoms with E-state index in [4.69, 9.17) is 0 Å². The van der Waals surface area contributed by atoms with Crippen LogP contribution in [0.4, 0.5) is 0 Å². The number of hydrogen-bond donors (Lipinski definition) is 0. The van der Waals surface area contributed by atoms with Crippen molar-refractivity contribution in [3.63, 3.8) is 0 Å². The van der Waals surface area contributed by atoms with Crippen LogP contribution >= 0.6 is 22.6 Å². The average molecular weight is 313 g/mol. The first-order chi connectivity index (χ1) is 7.31. The monoisotopic (exact) mass is 313 g/mol. The first-order valence-corrected chi connectivity index (χ1v) is 6.25. The second-order valence-corrected chi connectivity index (χ2v) is 4.79. The molecule has 4 heteroatoms. The normalized spacial score (nSPS) is 26.3. The van der Waals surface area contributed by atoms with Gasteiger partial charge in [0.15, 0.2) is 5.84 Å². The molecule has 0 fully saturated rings. The highest BCUT2D eigenvalue weighted by molar-refractivity contribution is 14.1. The van der Waals surface area contributed by atoms with Crippen LogP contribution in [-0.4, -0.2) is 28.4 Å². The molecular formula is C11H12IN3. The molecule has 1 atom stereocenters. The molecule has 15 heavy (non-hydrogen) atoms. The van der Waals surface area contributed by atoms with Gasteiger partial charge in [0.2, 0.25) is 0 Å². The Bertz CT molecular complexity index is 402. The molecule has 0 amide bonds. The van der Waals surface area contributed by atoms with Gasteiger partial charge in [-0.25, -0.2) is 9.98 Å². The van der Waals surface area contributed by atoms with Crippen molar-refractivity contribution >= 4 is 40.5 Å². The molecule has 1 aliphatic carbocycles. The number of fused-ring (bicyclic) bond motifs is 1. The molecule has 1 heterocycles. The largest absolute Gasteiger partial charge is 0.266 e. The van der Waals surface area contributed by atoms with Gasteiger partial charge >= 0.3 is 0 Å². The van der Waals surface area contributed by atoms with Crippen LogP contribution in [0.2, 0.25) is 0 Å². The summed E-state index contributed by atoms with van der Waals surface area (Å²) in [5, 5.41) is 0. The zero-order chi connectivity index (χ0) is 10.7. The molecule has 3 nitrogen and oxygen atoms in total. The minimum Gasteiger partial charge on any atom is -0.266 e. The van der Waals surface area contributed by atoms with Crippen LogP contribution in [-0.2, 0) is 0 Å². The van der Waals surface area contributed by atoms with Crippen LogP contribution in [0.25, 0.3) is 0 Å². The summed E-state index contributed by atoms with van der Waals surface area (Å²) in [6, 6.07) is 0. The first-order valence-electron chi connectivity index (χ1n) is 5.01. The third kappa shape index (κ3) is 2.42. The van der Waals surface area contributed by atoms with E-state index in [1.807, 2.05) is 6.08 Å². The van der Waals surface area contributed by atoms with Gasteiger partial charge < -0.3 is 0 Å². The number of allylic oxidation sites excluding steroid dienone is 3. The number of hydrogen-bond acceptors (Lipinski definition) is 2. The highest BCUT2D eigenvalue weighted by Crippen LogP contribution is 2.19. The highest BCUT2D eigenvalue weighted by atomic mass is 127. The Hall–Kier alpha value is -0.780.